The third-order valence-corrected chi connectivity index (χ3v) is 6.09. The number of urea groups is 1. The predicted octanol–water partition coefficient (Wildman–Crippen LogP) is 4.74. The topological polar surface area (TPSA) is 81.1 Å². The van der Waals surface area contributed by atoms with Gasteiger partial charge in [-0.2, -0.15) is 13.2 Å². The highest BCUT2D eigenvalue weighted by atomic mass is 19.4. The fourth-order valence-electron chi connectivity index (χ4n) is 4.56. The molecule has 2 atom stereocenters. The first-order chi connectivity index (χ1) is 16.1. The maximum Gasteiger partial charge on any atom is 0.416 e. The highest BCUT2D eigenvalue weighted by Crippen LogP contribution is 2.46. The molecule has 2 aliphatic heterocycles. The van der Waals surface area contributed by atoms with Crippen LogP contribution in [0.4, 0.5) is 28.0 Å². The summed E-state index contributed by atoms with van der Waals surface area (Å²) in [5, 5.41) is 20.1. The van der Waals surface area contributed by atoms with Gasteiger partial charge >= 0.3 is 12.2 Å². The van der Waals surface area contributed by atoms with Crippen LogP contribution >= 0.6 is 0 Å². The molecular formula is C24H16F4N2O4. The number of benzene rings is 3. The number of hydrogen-bond donors (Lipinski definition) is 2. The van der Waals surface area contributed by atoms with Crippen molar-refractivity contribution in [3.8, 4) is 11.5 Å². The molecule has 0 aromatic heterocycles. The minimum atomic E-state index is -4.67. The molecule has 2 aliphatic rings. The van der Waals surface area contributed by atoms with Gasteiger partial charge in [-0.3, -0.25) is 4.79 Å². The number of carbonyl (C=O) groups is 2. The zero-order chi connectivity index (χ0) is 24.4. The first kappa shape index (κ1) is 21.7. The van der Waals surface area contributed by atoms with E-state index in [0.29, 0.717) is 21.6 Å². The van der Waals surface area contributed by atoms with Gasteiger partial charge in [-0.05, 0) is 59.2 Å². The number of alkyl halides is 3. The molecule has 174 valence electrons. The Kier molecular flexibility index (Phi) is 4.78. The van der Waals surface area contributed by atoms with Crippen LogP contribution < -0.4 is 4.90 Å². The molecule has 2 heterocycles. The lowest BCUT2D eigenvalue weighted by Gasteiger charge is -2.37. The second-order valence-corrected chi connectivity index (χ2v) is 8.13. The summed E-state index contributed by atoms with van der Waals surface area (Å²) in [6.07, 6.45) is -4.70. The molecule has 3 amide bonds. The third kappa shape index (κ3) is 3.33. The number of phenols is 2. The monoisotopic (exact) mass is 472 g/mol. The number of aromatic hydroxyl groups is 2. The van der Waals surface area contributed by atoms with Crippen LogP contribution in [0.3, 0.4) is 0 Å². The Hall–Kier alpha value is -4.08. The Balaban J connectivity index is 1.65. The number of amides is 3. The maximum atomic E-state index is 13.6. The van der Waals surface area contributed by atoms with E-state index < -0.39 is 53.1 Å². The van der Waals surface area contributed by atoms with Crippen LogP contribution in [0.15, 0.2) is 60.7 Å². The first-order valence-electron chi connectivity index (χ1n) is 10.2. The van der Waals surface area contributed by atoms with Gasteiger partial charge in [0, 0.05) is 6.42 Å². The van der Waals surface area contributed by atoms with E-state index in [-0.39, 0.29) is 12.1 Å². The normalized spacial score (nSPS) is 19.9. The van der Waals surface area contributed by atoms with Crippen molar-refractivity contribution in [1.29, 1.82) is 0 Å². The average molecular weight is 472 g/mol. The van der Waals surface area contributed by atoms with Crippen molar-refractivity contribution in [2.75, 3.05) is 4.90 Å². The number of phenolic OH excluding ortho intramolecular Hbond substituents is 2. The summed E-state index contributed by atoms with van der Waals surface area (Å²) in [6, 6.07) is 8.77. The van der Waals surface area contributed by atoms with Crippen molar-refractivity contribution in [2.24, 2.45) is 0 Å². The molecular weight excluding hydrogens is 456 g/mol. The molecule has 5 rings (SSSR count). The van der Waals surface area contributed by atoms with E-state index in [1.54, 1.807) is 0 Å². The van der Waals surface area contributed by atoms with Gasteiger partial charge in [0.15, 0.2) is 11.5 Å². The van der Waals surface area contributed by atoms with Gasteiger partial charge in [-0.15, -0.1) is 0 Å². The molecule has 1 saturated heterocycles. The van der Waals surface area contributed by atoms with Crippen molar-refractivity contribution in [3.63, 3.8) is 0 Å². The van der Waals surface area contributed by atoms with Gasteiger partial charge in [0.05, 0.1) is 17.3 Å². The number of hydrogen-bond acceptors (Lipinski definition) is 4. The van der Waals surface area contributed by atoms with E-state index in [0.717, 1.165) is 18.2 Å². The van der Waals surface area contributed by atoms with Gasteiger partial charge in [0.1, 0.15) is 11.9 Å². The van der Waals surface area contributed by atoms with Crippen molar-refractivity contribution >= 4 is 17.6 Å². The molecule has 10 heteroatoms. The van der Waals surface area contributed by atoms with Crippen LogP contribution in [-0.4, -0.2) is 33.1 Å². The van der Waals surface area contributed by atoms with Crippen LogP contribution in [-0.2, 0) is 17.4 Å². The van der Waals surface area contributed by atoms with Crippen LogP contribution in [0.5, 0.6) is 11.5 Å². The molecule has 0 bridgehead atoms. The zero-order valence-corrected chi connectivity index (χ0v) is 17.3. The van der Waals surface area contributed by atoms with Crippen LogP contribution in [0, 0.1) is 5.82 Å². The first-order valence-corrected chi connectivity index (χ1v) is 10.2. The van der Waals surface area contributed by atoms with Gasteiger partial charge in [0.25, 0.3) is 5.91 Å². The fraction of sp³-hybridized carbons (Fsp3) is 0.167. The third-order valence-electron chi connectivity index (χ3n) is 6.09. The number of carbonyl (C=O) groups excluding carboxylic acids is 2. The van der Waals surface area contributed by atoms with Crippen LogP contribution in [0.2, 0.25) is 0 Å². The molecule has 34 heavy (non-hydrogen) atoms. The summed E-state index contributed by atoms with van der Waals surface area (Å²) in [4.78, 5) is 28.7. The minimum Gasteiger partial charge on any atom is -0.504 e. The summed E-state index contributed by atoms with van der Waals surface area (Å²) >= 11 is 0. The quantitative estimate of drug-likeness (QED) is 0.321. The summed E-state index contributed by atoms with van der Waals surface area (Å²) in [5.74, 6) is -2.12. The van der Waals surface area contributed by atoms with E-state index in [1.165, 1.54) is 47.4 Å². The van der Waals surface area contributed by atoms with Gasteiger partial charge in [0.2, 0.25) is 0 Å². The molecule has 6 nitrogen and oxygen atoms in total. The average Bonchev–Trinajstić information content (AvgIpc) is 3.03. The lowest BCUT2D eigenvalue weighted by Crippen LogP contribution is -2.44. The predicted molar refractivity (Wildman–Crippen MR) is 112 cm³/mol. The number of fused-ring (bicyclic) bond motifs is 2. The van der Waals surface area contributed by atoms with Crippen LogP contribution in [0.1, 0.15) is 28.3 Å². The Labute approximate surface area is 190 Å². The van der Waals surface area contributed by atoms with Crippen molar-refractivity contribution < 1.29 is 37.4 Å². The number of halogens is 4. The van der Waals surface area contributed by atoms with E-state index >= 15 is 0 Å². The summed E-state index contributed by atoms with van der Waals surface area (Å²) in [6.45, 7) is 0. The van der Waals surface area contributed by atoms with Gasteiger partial charge in [-0.25, -0.2) is 14.1 Å². The van der Waals surface area contributed by atoms with Crippen molar-refractivity contribution in [3.05, 3.63) is 88.7 Å². The minimum absolute atomic E-state index is 0.0269. The lowest BCUT2D eigenvalue weighted by molar-refractivity contribution is -0.137. The molecule has 0 saturated carbocycles. The van der Waals surface area contributed by atoms with Crippen LogP contribution in [0.25, 0.3) is 0 Å². The number of rotatable bonds is 2. The molecule has 0 spiro atoms. The molecule has 0 radical (unpaired) electrons. The number of nitrogens with zero attached hydrogens (tertiary/aromatic N) is 2. The van der Waals surface area contributed by atoms with E-state index in [9.17, 15) is 37.4 Å². The molecule has 3 aromatic rings. The lowest BCUT2D eigenvalue weighted by atomic mass is 9.85. The van der Waals surface area contributed by atoms with Gasteiger partial charge < -0.3 is 15.1 Å². The Morgan fingerprint density at radius 3 is 2.26 bits per heavy atom. The molecule has 2 N–H and O–H groups in total. The second kappa shape index (κ2) is 7.47. The largest absolute Gasteiger partial charge is 0.504 e. The molecule has 0 unspecified atom stereocenters. The number of imide groups is 1. The summed E-state index contributed by atoms with van der Waals surface area (Å²) in [5.41, 5.74) is 0.0584. The SMILES string of the molecule is O=C1[C@H]2Cc3cc(O)c(O)cc3[C@H](c3ccc(F)cc3)N2C(=O)N1c1cccc(C(F)(F)F)c1. The summed E-state index contributed by atoms with van der Waals surface area (Å²) in [7, 11) is 0. The van der Waals surface area contributed by atoms with Crippen molar-refractivity contribution in [1.82, 2.24) is 4.90 Å². The van der Waals surface area contributed by atoms with Crippen molar-refractivity contribution in [2.45, 2.75) is 24.7 Å². The smallest absolute Gasteiger partial charge is 0.416 e. The maximum absolute atomic E-state index is 13.6. The number of anilines is 1. The highest BCUT2D eigenvalue weighted by molar-refractivity contribution is 6.21. The van der Waals surface area contributed by atoms with E-state index in [1.807, 2.05) is 0 Å². The standard InChI is InChI=1S/C24H16F4N2O4/c25-15-6-4-12(5-7-15)21-17-11-20(32)19(31)9-13(17)8-18-22(33)29(23(34)30(18)21)16-3-1-2-14(10-16)24(26,27)28/h1-7,9-11,18,21,31-32H,8H2/t18-,21+/m1/s1. The van der Waals surface area contributed by atoms with E-state index in [2.05, 4.69) is 0 Å². The molecule has 0 aliphatic carbocycles. The zero-order valence-electron chi connectivity index (χ0n) is 17.3. The van der Waals surface area contributed by atoms with Gasteiger partial charge in [-0.1, -0.05) is 18.2 Å². The molecule has 1 fully saturated rings. The fourth-order valence-corrected chi connectivity index (χ4v) is 4.56. The Bertz CT molecular complexity index is 1320. The Morgan fingerprint density at radius 1 is 0.912 bits per heavy atom. The highest BCUT2D eigenvalue weighted by Gasteiger charge is 2.52. The Morgan fingerprint density at radius 2 is 1.59 bits per heavy atom. The second-order valence-electron chi connectivity index (χ2n) is 8.13. The molecule has 3 aromatic carbocycles. The van der Waals surface area contributed by atoms with E-state index in [4.69, 9.17) is 0 Å². The summed E-state index contributed by atoms with van der Waals surface area (Å²) < 4.78 is 53.3.